The standard InChI is InChI=1S/C28H58NO6P/c1-5-6-7-8-9-10-11-12-13-14-15-16-17-18-19-20-21-22-24-33-26-28(30)27-35-36(31,32)34-25-23-29(2,3)4/h22,24,28,30H,5-21,23,25-27H2,1-4H3/p+1/b24-22+/t28-/m1/s1. The van der Waals surface area contributed by atoms with E-state index in [1.165, 1.54) is 96.3 Å². The van der Waals surface area contributed by atoms with Crippen LogP contribution in [0.25, 0.3) is 0 Å². The summed E-state index contributed by atoms with van der Waals surface area (Å²) in [6.45, 7) is 2.65. The minimum absolute atomic E-state index is 0.00827. The molecule has 7 nitrogen and oxygen atoms in total. The van der Waals surface area contributed by atoms with Gasteiger partial charge in [0.2, 0.25) is 0 Å². The molecule has 0 bridgehead atoms. The molecule has 0 heterocycles. The van der Waals surface area contributed by atoms with E-state index >= 15 is 0 Å². The molecule has 0 amide bonds. The van der Waals surface area contributed by atoms with E-state index in [9.17, 15) is 14.6 Å². The molecule has 0 radical (unpaired) electrons. The number of hydrogen-bond acceptors (Lipinski definition) is 5. The van der Waals surface area contributed by atoms with Crippen molar-refractivity contribution in [3.63, 3.8) is 0 Å². The zero-order valence-electron chi connectivity index (χ0n) is 24.0. The van der Waals surface area contributed by atoms with E-state index in [1.807, 2.05) is 27.2 Å². The van der Waals surface area contributed by atoms with Crippen molar-refractivity contribution in [1.29, 1.82) is 0 Å². The van der Waals surface area contributed by atoms with E-state index in [4.69, 9.17) is 13.8 Å². The number of phosphoric ester groups is 1. The number of phosphoric acid groups is 1. The van der Waals surface area contributed by atoms with Crippen LogP contribution in [0.15, 0.2) is 12.3 Å². The first kappa shape index (κ1) is 35.6. The highest BCUT2D eigenvalue weighted by molar-refractivity contribution is 7.47. The van der Waals surface area contributed by atoms with Crippen molar-refractivity contribution in [3.8, 4) is 0 Å². The van der Waals surface area contributed by atoms with Crippen molar-refractivity contribution in [2.45, 2.75) is 122 Å². The molecule has 0 saturated carbocycles. The molecule has 0 rings (SSSR count). The second kappa shape index (κ2) is 23.7. The lowest BCUT2D eigenvalue weighted by atomic mass is 10.0. The van der Waals surface area contributed by atoms with Gasteiger partial charge >= 0.3 is 7.82 Å². The predicted molar refractivity (Wildman–Crippen MR) is 150 cm³/mol. The number of allylic oxidation sites excluding steroid dienone is 1. The highest BCUT2D eigenvalue weighted by Gasteiger charge is 2.24. The van der Waals surface area contributed by atoms with Gasteiger partial charge in [-0.15, -0.1) is 0 Å². The molecule has 216 valence electrons. The van der Waals surface area contributed by atoms with E-state index in [-0.39, 0.29) is 19.8 Å². The Bertz CT molecular complexity index is 553. The van der Waals surface area contributed by atoms with Crippen LogP contribution < -0.4 is 0 Å². The van der Waals surface area contributed by atoms with Crippen molar-refractivity contribution < 1.29 is 32.8 Å². The van der Waals surface area contributed by atoms with Gasteiger partial charge in [-0.2, -0.15) is 0 Å². The number of likely N-dealkylation sites (N-methyl/N-ethyl adjacent to an activating group) is 1. The molecule has 36 heavy (non-hydrogen) atoms. The SMILES string of the molecule is CCCCCCCCCCCCCCCCCC/C=C/OC[C@@H](O)COP(=O)(O)OCC[N+](C)(C)C. The highest BCUT2D eigenvalue weighted by atomic mass is 31.2. The molecule has 0 aromatic heterocycles. The van der Waals surface area contributed by atoms with E-state index in [0.717, 1.165) is 12.8 Å². The molecule has 0 fully saturated rings. The van der Waals surface area contributed by atoms with E-state index in [2.05, 4.69) is 6.92 Å². The summed E-state index contributed by atoms with van der Waals surface area (Å²) in [6.07, 6.45) is 25.3. The summed E-state index contributed by atoms with van der Waals surface area (Å²) in [5.41, 5.74) is 0. The summed E-state index contributed by atoms with van der Waals surface area (Å²) in [6, 6.07) is 0. The molecule has 2 atom stereocenters. The fourth-order valence-electron chi connectivity index (χ4n) is 3.81. The maximum absolute atomic E-state index is 11.8. The molecule has 0 aromatic rings. The average Bonchev–Trinajstić information content (AvgIpc) is 2.80. The largest absolute Gasteiger partial charge is 0.499 e. The third-order valence-corrected chi connectivity index (χ3v) is 7.14. The van der Waals surface area contributed by atoms with E-state index < -0.39 is 13.9 Å². The van der Waals surface area contributed by atoms with Gasteiger partial charge in [0, 0.05) is 0 Å². The Balaban J connectivity index is 3.42. The van der Waals surface area contributed by atoms with Crippen LogP contribution >= 0.6 is 7.82 Å². The summed E-state index contributed by atoms with van der Waals surface area (Å²) < 4.78 is 27.4. The first-order valence-electron chi connectivity index (χ1n) is 14.5. The zero-order chi connectivity index (χ0) is 27.0. The third kappa shape index (κ3) is 28.1. The Morgan fingerprint density at radius 3 is 1.69 bits per heavy atom. The number of unbranched alkanes of at least 4 members (excludes halogenated alkanes) is 16. The van der Waals surface area contributed by atoms with Gasteiger partial charge in [0.05, 0.1) is 34.0 Å². The first-order valence-corrected chi connectivity index (χ1v) is 16.0. The summed E-state index contributed by atoms with van der Waals surface area (Å²) in [5, 5.41) is 9.84. The second-order valence-electron chi connectivity index (χ2n) is 11.1. The molecule has 1 unspecified atom stereocenters. The second-order valence-corrected chi connectivity index (χ2v) is 12.5. The van der Waals surface area contributed by atoms with Crippen LogP contribution in [0.3, 0.4) is 0 Å². The Morgan fingerprint density at radius 1 is 0.750 bits per heavy atom. The van der Waals surface area contributed by atoms with Crippen molar-refractivity contribution in [2.24, 2.45) is 0 Å². The zero-order valence-corrected chi connectivity index (χ0v) is 24.9. The Hall–Kier alpha value is -0.430. The van der Waals surface area contributed by atoms with Gasteiger partial charge < -0.3 is 19.2 Å². The monoisotopic (exact) mass is 536 g/mol. The predicted octanol–water partition coefficient (Wildman–Crippen LogP) is 7.37. The van der Waals surface area contributed by atoms with Gasteiger partial charge in [-0.05, 0) is 18.9 Å². The Morgan fingerprint density at radius 2 is 1.22 bits per heavy atom. The Labute approximate surface area is 222 Å². The minimum Gasteiger partial charge on any atom is -0.499 e. The van der Waals surface area contributed by atoms with Gasteiger partial charge in [0.25, 0.3) is 0 Å². The van der Waals surface area contributed by atoms with Crippen LogP contribution in [0, 0.1) is 0 Å². The molecule has 0 saturated heterocycles. The van der Waals surface area contributed by atoms with E-state index in [1.54, 1.807) is 6.26 Å². The summed E-state index contributed by atoms with van der Waals surface area (Å²) in [7, 11) is 1.72. The Kier molecular flexibility index (Phi) is 23.4. The van der Waals surface area contributed by atoms with Crippen LogP contribution in [0.4, 0.5) is 0 Å². The number of rotatable bonds is 27. The smallest absolute Gasteiger partial charge is 0.472 e. The summed E-state index contributed by atoms with van der Waals surface area (Å²) in [4.78, 5) is 9.64. The van der Waals surface area contributed by atoms with Crippen molar-refractivity contribution in [2.75, 3.05) is 47.5 Å². The number of hydrogen-bond donors (Lipinski definition) is 2. The number of quaternary nitrogens is 1. The molecule has 0 spiro atoms. The normalized spacial score (nSPS) is 14.8. The van der Waals surface area contributed by atoms with Gasteiger partial charge in [-0.3, -0.25) is 9.05 Å². The fourth-order valence-corrected chi connectivity index (χ4v) is 4.56. The lowest BCUT2D eigenvalue weighted by molar-refractivity contribution is -0.870. The number of ether oxygens (including phenoxy) is 1. The first-order chi connectivity index (χ1) is 17.2. The van der Waals surface area contributed by atoms with Gasteiger partial charge in [0.1, 0.15) is 25.9 Å². The molecule has 8 heteroatoms. The summed E-state index contributed by atoms with van der Waals surface area (Å²) in [5.74, 6) is 0. The number of nitrogens with zero attached hydrogens (tertiary/aromatic N) is 1. The van der Waals surface area contributed by atoms with Crippen LogP contribution in [0.5, 0.6) is 0 Å². The summed E-state index contributed by atoms with van der Waals surface area (Å²) >= 11 is 0. The number of aliphatic hydroxyl groups is 1. The van der Waals surface area contributed by atoms with Gasteiger partial charge in [-0.1, -0.05) is 103 Å². The fraction of sp³-hybridized carbons (Fsp3) is 0.929. The number of aliphatic hydroxyl groups excluding tert-OH is 1. The molecule has 0 aliphatic heterocycles. The maximum Gasteiger partial charge on any atom is 0.472 e. The van der Waals surface area contributed by atoms with Crippen LogP contribution in [0.2, 0.25) is 0 Å². The highest BCUT2D eigenvalue weighted by Crippen LogP contribution is 2.43. The van der Waals surface area contributed by atoms with Gasteiger partial charge in [0.15, 0.2) is 0 Å². The topological polar surface area (TPSA) is 85.2 Å². The van der Waals surface area contributed by atoms with Crippen LogP contribution in [0.1, 0.15) is 116 Å². The van der Waals surface area contributed by atoms with Crippen molar-refractivity contribution in [3.05, 3.63) is 12.3 Å². The molecular weight excluding hydrogens is 477 g/mol. The third-order valence-electron chi connectivity index (χ3n) is 6.15. The molecular formula is C28H59NO6P+. The van der Waals surface area contributed by atoms with E-state index in [0.29, 0.717) is 11.0 Å². The molecule has 0 aliphatic carbocycles. The maximum atomic E-state index is 11.8. The van der Waals surface area contributed by atoms with Gasteiger partial charge in [-0.25, -0.2) is 4.57 Å². The quantitative estimate of drug-likeness (QED) is 0.0493. The van der Waals surface area contributed by atoms with Crippen molar-refractivity contribution in [1.82, 2.24) is 0 Å². The minimum atomic E-state index is -4.16. The average molecular weight is 537 g/mol. The molecule has 0 aliphatic rings. The lowest BCUT2D eigenvalue weighted by Gasteiger charge is -2.24. The van der Waals surface area contributed by atoms with Crippen molar-refractivity contribution >= 4 is 7.82 Å². The lowest BCUT2D eigenvalue weighted by Crippen LogP contribution is -2.37. The molecule has 2 N–H and O–H groups in total. The van der Waals surface area contributed by atoms with Crippen LogP contribution in [-0.2, 0) is 18.3 Å². The molecule has 0 aromatic carbocycles. The van der Waals surface area contributed by atoms with Crippen LogP contribution in [-0.4, -0.2) is 68.1 Å².